The Morgan fingerprint density at radius 2 is 1.94 bits per heavy atom. The van der Waals surface area contributed by atoms with Gasteiger partial charge in [0.1, 0.15) is 0 Å². The zero-order chi connectivity index (χ0) is 11.5. The molecule has 2 aromatic rings. The van der Waals surface area contributed by atoms with Gasteiger partial charge in [0, 0.05) is 5.56 Å². The van der Waals surface area contributed by atoms with Crippen molar-refractivity contribution in [2.24, 2.45) is 0 Å². The van der Waals surface area contributed by atoms with Crippen molar-refractivity contribution < 1.29 is 14.8 Å². The smallest absolute Gasteiger partial charge is 0.275 e. The number of hydroxylamine groups is 1. The highest BCUT2D eigenvalue weighted by molar-refractivity contribution is 6.11. The summed E-state index contributed by atoms with van der Waals surface area (Å²) < 4.78 is 0. The zero-order valence-electron chi connectivity index (χ0n) is 8.31. The molecule has 0 aliphatic rings. The van der Waals surface area contributed by atoms with E-state index in [9.17, 15) is 9.59 Å². The van der Waals surface area contributed by atoms with E-state index < -0.39 is 5.91 Å². The van der Waals surface area contributed by atoms with Crippen LogP contribution < -0.4 is 5.48 Å². The molecule has 1 amide bonds. The SMILES string of the molecule is O=Cc1ccc2ccccc2c1C(=O)NO. The van der Waals surface area contributed by atoms with Crippen LogP contribution in [-0.4, -0.2) is 17.4 Å². The van der Waals surface area contributed by atoms with Gasteiger partial charge in [-0.25, -0.2) is 5.48 Å². The summed E-state index contributed by atoms with van der Waals surface area (Å²) in [5.41, 5.74) is 2.00. The number of rotatable bonds is 2. The van der Waals surface area contributed by atoms with Crippen LogP contribution in [0.25, 0.3) is 10.8 Å². The Kier molecular flexibility index (Phi) is 2.66. The Balaban J connectivity index is 2.83. The molecular weight excluding hydrogens is 206 g/mol. The van der Waals surface area contributed by atoms with Crippen LogP contribution in [0.4, 0.5) is 0 Å². The van der Waals surface area contributed by atoms with Crippen LogP contribution in [0, 0.1) is 0 Å². The minimum Gasteiger partial charge on any atom is -0.298 e. The fourth-order valence-corrected chi connectivity index (χ4v) is 1.70. The Hall–Kier alpha value is -2.20. The van der Waals surface area contributed by atoms with Gasteiger partial charge >= 0.3 is 0 Å². The summed E-state index contributed by atoms with van der Waals surface area (Å²) in [7, 11) is 0. The van der Waals surface area contributed by atoms with Crippen LogP contribution in [0.2, 0.25) is 0 Å². The molecule has 0 bridgehead atoms. The van der Waals surface area contributed by atoms with Gasteiger partial charge in [-0.3, -0.25) is 14.8 Å². The van der Waals surface area contributed by atoms with Crippen LogP contribution in [-0.2, 0) is 0 Å². The first-order chi connectivity index (χ1) is 7.77. The van der Waals surface area contributed by atoms with Gasteiger partial charge in [-0.05, 0) is 10.8 Å². The van der Waals surface area contributed by atoms with Crippen LogP contribution in [0.3, 0.4) is 0 Å². The summed E-state index contributed by atoms with van der Waals surface area (Å²) in [6, 6.07) is 10.5. The van der Waals surface area contributed by atoms with E-state index in [1.807, 2.05) is 12.1 Å². The standard InChI is InChI=1S/C12H9NO3/c14-7-9-6-5-8-3-1-2-4-10(8)11(9)12(15)13-16/h1-7,16H,(H,13,15). The highest BCUT2D eigenvalue weighted by Crippen LogP contribution is 2.21. The van der Waals surface area contributed by atoms with Crippen molar-refractivity contribution in [3.63, 3.8) is 0 Å². The molecule has 0 atom stereocenters. The normalized spacial score (nSPS) is 10.1. The number of fused-ring (bicyclic) bond motifs is 1. The van der Waals surface area contributed by atoms with E-state index in [1.54, 1.807) is 29.7 Å². The Morgan fingerprint density at radius 3 is 2.62 bits per heavy atom. The zero-order valence-corrected chi connectivity index (χ0v) is 8.31. The largest absolute Gasteiger partial charge is 0.298 e. The summed E-state index contributed by atoms with van der Waals surface area (Å²) in [6.07, 6.45) is 0.594. The average molecular weight is 215 g/mol. The average Bonchev–Trinajstić information content (AvgIpc) is 2.36. The summed E-state index contributed by atoms with van der Waals surface area (Å²) in [6.45, 7) is 0. The molecule has 2 rings (SSSR count). The van der Waals surface area contributed by atoms with E-state index in [1.165, 1.54) is 0 Å². The van der Waals surface area contributed by atoms with E-state index in [0.29, 0.717) is 11.7 Å². The van der Waals surface area contributed by atoms with Gasteiger partial charge in [-0.1, -0.05) is 36.4 Å². The molecule has 0 aromatic heterocycles. The highest BCUT2D eigenvalue weighted by atomic mass is 16.5. The molecule has 4 nitrogen and oxygen atoms in total. The number of benzene rings is 2. The first-order valence-electron chi connectivity index (χ1n) is 4.69. The second kappa shape index (κ2) is 4.12. The molecule has 2 N–H and O–H groups in total. The predicted molar refractivity (Wildman–Crippen MR) is 58.6 cm³/mol. The van der Waals surface area contributed by atoms with Gasteiger partial charge in [0.2, 0.25) is 0 Å². The molecule has 0 radical (unpaired) electrons. The summed E-state index contributed by atoms with van der Waals surface area (Å²) in [5.74, 6) is -0.682. The van der Waals surface area contributed by atoms with Gasteiger partial charge in [-0.15, -0.1) is 0 Å². The number of nitrogens with one attached hydrogen (secondary N) is 1. The third kappa shape index (κ3) is 1.55. The fourth-order valence-electron chi connectivity index (χ4n) is 1.70. The molecule has 0 fully saturated rings. The molecule has 0 unspecified atom stereocenters. The molecule has 0 aliphatic heterocycles. The Labute approximate surface area is 91.5 Å². The monoisotopic (exact) mass is 215 g/mol. The minimum absolute atomic E-state index is 0.190. The summed E-state index contributed by atoms with van der Waals surface area (Å²) in [5, 5.41) is 10.1. The molecular formula is C12H9NO3. The maximum Gasteiger partial charge on any atom is 0.275 e. The number of aldehydes is 1. The topological polar surface area (TPSA) is 66.4 Å². The van der Waals surface area contributed by atoms with Crippen molar-refractivity contribution in [2.45, 2.75) is 0 Å². The Morgan fingerprint density at radius 1 is 1.19 bits per heavy atom. The molecule has 16 heavy (non-hydrogen) atoms. The van der Waals surface area contributed by atoms with Crippen LogP contribution >= 0.6 is 0 Å². The van der Waals surface area contributed by atoms with Crippen molar-refractivity contribution in [3.05, 3.63) is 47.5 Å². The van der Waals surface area contributed by atoms with Crippen molar-refractivity contribution in [1.29, 1.82) is 0 Å². The third-order valence-electron chi connectivity index (χ3n) is 2.42. The minimum atomic E-state index is -0.682. The lowest BCUT2D eigenvalue weighted by Crippen LogP contribution is -2.20. The van der Waals surface area contributed by atoms with Crippen LogP contribution in [0.15, 0.2) is 36.4 Å². The first kappa shape index (κ1) is 10.3. The molecule has 0 heterocycles. The van der Waals surface area contributed by atoms with Crippen molar-refractivity contribution in [2.75, 3.05) is 0 Å². The number of amides is 1. The van der Waals surface area contributed by atoms with E-state index in [4.69, 9.17) is 5.21 Å². The second-order valence-corrected chi connectivity index (χ2v) is 3.31. The number of hydrogen-bond acceptors (Lipinski definition) is 3. The molecule has 4 heteroatoms. The van der Waals surface area contributed by atoms with Crippen LogP contribution in [0.1, 0.15) is 20.7 Å². The number of carbonyl (C=O) groups excluding carboxylic acids is 2. The van der Waals surface area contributed by atoms with E-state index in [2.05, 4.69) is 0 Å². The van der Waals surface area contributed by atoms with Gasteiger partial charge in [0.15, 0.2) is 6.29 Å². The molecule has 0 spiro atoms. The number of carbonyl (C=O) groups is 2. The third-order valence-corrected chi connectivity index (χ3v) is 2.42. The highest BCUT2D eigenvalue weighted by Gasteiger charge is 2.13. The van der Waals surface area contributed by atoms with Crippen molar-refractivity contribution in [3.8, 4) is 0 Å². The van der Waals surface area contributed by atoms with Crippen LogP contribution in [0.5, 0.6) is 0 Å². The van der Waals surface area contributed by atoms with Gasteiger partial charge in [0.05, 0.1) is 5.56 Å². The number of hydrogen-bond donors (Lipinski definition) is 2. The lowest BCUT2D eigenvalue weighted by Gasteiger charge is -2.07. The molecule has 2 aromatic carbocycles. The molecule has 0 saturated heterocycles. The van der Waals surface area contributed by atoms with E-state index >= 15 is 0 Å². The quantitative estimate of drug-likeness (QED) is 0.456. The van der Waals surface area contributed by atoms with E-state index in [0.717, 1.165) is 5.39 Å². The molecule has 0 saturated carbocycles. The maximum atomic E-state index is 11.5. The summed E-state index contributed by atoms with van der Waals surface area (Å²) >= 11 is 0. The predicted octanol–water partition coefficient (Wildman–Crippen LogP) is 1.77. The lowest BCUT2D eigenvalue weighted by atomic mass is 9.99. The first-order valence-corrected chi connectivity index (χ1v) is 4.69. The van der Waals surface area contributed by atoms with Crippen molar-refractivity contribution >= 4 is 23.0 Å². The lowest BCUT2D eigenvalue weighted by molar-refractivity contribution is 0.0706. The maximum absolute atomic E-state index is 11.5. The van der Waals surface area contributed by atoms with Gasteiger partial charge < -0.3 is 0 Å². The van der Waals surface area contributed by atoms with Crippen molar-refractivity contribution in [1.82, 2.24) is 5.48 Å². The van der Waals surface area contributed by atoms with E-state index in [-0.39, 0.29) is 11.1 Å². The molecule has 0 aliphatic carbocycles. The Bertz CT molecular complexity index is 563. The molecule has 80 valence electrons. The second-order valence-electron chi connectivity index (χ2n) is 3.31. The fraction of sp³-hybridized carbons (Fsp3) is 0. The van der Waals surface area contributed by atoms with Gasteiger partial charge in [0.25, 0.3) is 5.91 Å². The van der Waals surface area contributed by atoms with Gasteiger partial charge in [-0.2, -0.15) is 0 Å². The summed E-state index contributed by atoms with van der Waals surface area (Å²) in [4.78, 5) is 22.3.